The van der Waals surface area contributed by atoms with Gasteiger partial charge < -0.3 is 14.7 Å². The summed E-state index contributed by atoms with van der Waals surface area (Å²) in [5.41, 5.74) is 4.80. The number of fused-ring (bicyclic) bond motifs is 2. The molecule has 0 bridgehead atoms. The summed E-state index contributed by atoms with van der Waals surface area (Å²) < 4.78 is 0. The molecule has 0 N–H and O–H groups in total. The lowest BCUT2D eigenvalue weighted by Gasteiger charge is -2.31. The Labute approximate surface area is 171 Å². The number of aromatic nitrogens is 1. The first-order chi connectivity index (χ1) is 14.2. The topological polar surface area (TPSA) is 56.8 Å². The largest absolute Gasteiger partial charge is 0.339 e. The summed E-state index contributed by atoms with van der Waals surface area (Å²) >= 11 is 0. The average Bonchev–Trinajstić information content (AvgIpc) is 3.40. The second kappa shape index (κ2) is 7.17. The Morgan fingerprint density at radius 2 is 1.90 bits per heavy atom. The van der Waals surface area contributed by atoms with Crippen LogP contribution in [0.4, 0.5) is 11.5 Å². The van der Waals surface area contributed by atoms with Crippen molar-refractivity contribution < 1.29 is 9.59 Å². The zero-order chi connectivity index (χ0) is 20.0. The summed E-state index contributed by atoms with van der Waals surface area (Å²) in [6.45, 7) is 6.01. The van der Waals surface area contributed by atoms with Crippen LogP contribution in [0.15, 0.2) is 30.5 Å². The fourth-order valence-corrected chi connectivity index (χ4v) is 4.73. The molecule has 150 valence electrons. The van der Waals surface area contributed by atoms with Gasteiger partial charge >= 0.3 is 0 Å². The van der Waals surface area contributed by atoms with Gasteiger partial charge in [0.05, 0.1) is 5.56 Å². The quantitative estimate of drug-likeness (QED) is 0.806. The molecule has 0 radical (unpaired) electrons. The number of nitrogens with zero attached hydrogens (tertiary/aromatic N) is 4. The number of carbonyl (C=O) groups excluding carboxylic acids is 2. The molecule has 3 aliphatic heterocycles. The van der Waals surface area contributed by atoms with Crippen LogP contribution in [0.2, 0.25) is 0 Å². The van der Waals surface area contributed by atoms with Gasteiger partial charge in [-0.05, 0) is 68.0 Å². The zero-order valence-corrected chi connectivity index (χ0v) is 16.9. The minimum Gasteiger partial charge on any atom is -0.339 e. The van der Waals surface area contributed by atoms with Crippen LogP contribution in [0.3, 0.4) is 0 Å². The summed E-state index contributed by atoms with van der Waals surface area (Å²) in [6.07, 6.45) is 5.87. The van der Waals surface area contributed by atoms with Crippen molar-refractivity contribution in [3.8, 4) is 0 Å². The van der Waals surface area contributed by atoms with Gasteiger partial charge in [-0.3, -0.25) is 9.59 Å². The van der Waals surface area contributed by atoms with E-state index in [1.807, 2.05) is 34.9 Å². The first kappa shape index (κ1) is 18.2. The summed E-state index contributed by atoms with van der Waals surface area (Å²) in [4.78, 5) is 35.9. The maximum Gasteiger partial charge on any atom is 0.255 e. The van der Waals surface area contributed by atoms with E-state index in [2.05, 4.69) is 11.0 Å². The van der Waals surface area contributed by atoms with Crippen LogP contribution in [0.25, 0.3) is 0 Å². The Morgan fingerprint density at radius 1 is 1.07 bits per heavy atom. The number of likely N-dealkylation sites (tertiary alicyclic amines) is 1. The lowest BCUT2D eigenvalue weighted by Crippen LogP contribution is -2.29. The van der Waals surface area contributed by atoms with Crippen LogP contribution < -0.4 is 4.90 Å². The number of anilines is 2. The number of aryl methyl sites for hydroxylation is 1. The highest BCUT2D eigenvalue weighted by Crippen LogP contribution is 2.35. The van der Waals surface area contributed by atoms with E-state index < -0.39 is 0 Å². The van der Waals surface area contributed by atoms with E-state index in [0.717, 1.165) is 80.1 Å². The number of carbonyl (C=O) groups is 2. The highest BCUT2D eigenvalue weighted by Gasteiger charge is 2.28. The van der Waals surface area contributed by atoms with Gasteiger partial charge in [0, 0.05) is 50.2 Å². The van der Waals surface area contributed by atoms with Crippen LogP contribution in [0.1, 0.15) is 58.0 Å². The Balaban J connectivity index is 1.44. The Morgan fingerprint density at radius 3 is 2.69 bits per heavy atom. The van der Waals surface area contributed by atoms with Crippen molar-refractivity contribution in [2.45, 2.75) is 39.2 Å². The Kier molecular flexibility index (Phi) is 4.49. The van der Waals surface area contributed by atoms with Gasteiger partial charge in [0.25, 0.3) is 11.8 Å². The monoisotopic (exact) mass is 390 g/mol. The average molecular weight is 390 g/mol. The lowest BCUT2D eigenvalue weighted by molar-refractivity contribution is 0.0781. The smallest absolute Gasteiger partial charge is 0.255 e. The van der Waals surface area contributed by atoms with Crippen molar-refractivity contribution in [1.82, 2.24) is 14.8 Å². The molecule has 0 unspecified atom stereocenters. The third-order valence-electron chi connectivity index (χ3n) is 6.33. The molecule has 1 saturated heterocycles. The number of hydrogen-bond acceptors (Lipinski definition) is 4. The van der Waals surface area contributed by atoms with E-state index in [1.165, 1.54) is 0 Å². The number of amides is 2. The lowest BCUT2D eigenvalue weighted by atomic mass is 10.0. The predicted molar refractivity (Wildman–Crippen MR) is 112 cm³/mol. The van der Waals surface area contributed by atoms with Crippen LogP contribution in [0, 0.1) is 0 Å². The van der Waals surface area contributed by atoms with Gasteiger partial charge in [-0.1, -0.05) is 0 Å². The van der Waals surface area contributed by atoms with Gasteiger partial charge in [-0.15, -0.1) is 0 Å². The minimum atomic E-state index is 0.102. The fraction of sp³-hybridized carbons (Fsp3) is 0.435. The third kappa shape index (κ3) is 3.07. The Bertz CT molecular complexity index is 981. The van der Waals surface area contributed by atoms with Crippen molar-refractivity contribution in [3.63, 3.8) is 0 Å². The second-order valence-corrected chi connectivity index (χ2v) is 8.12. The number of pyridine rings is 1. The zero-order valence-electron chi connectivity index (χ0n) is 16.9. The SMILES string of the molecule is CCN1Cc2cc(N3CCCc4cc(C(=O)N5CCCC5)cnc43)ccc2C1=O. The molecule has 5 rings (SSSR count). The van der Waals surface area contributed by atoms with E-state index >= 15 is 0 Å². The molecule has 6 heteroatoms. The maximum absolute atomic E-state index is 12.7. The molecule has 0 aliphatic carbocycles. The summed E-state index contributed by atoms with van der Waals surface area (Å²) in [5, 5.41) is 0. The molecule has 1 aromatic heterocycles. The van der Waals surface area contributed by atoms with Gasteiger partial charge in [-0.2, -0.15) is 0 Å². The molecule has 29 heavy (non-hydrogen) atoms. The van der Waals surface area contributed by atoms with E-state index in [4.69, 9.17) is 4.98 Å². The van der Waals surface area contributed by atoms with Crippen molar-refractivity contribution in [3.05, 3.63) is 52.7 Å². The Hall–Kier alpha value is -2.89. The van der Waals surface area contributed by atoms with E-state index in [-0.39, 0.29) is 11.8 Å². The second-order valence-electron chi connectivity index (χ2n) is 8.12. The molecule has 0 atom stereocenters. The van der Waals surface area contributed by atoms with Crippen LogP contribution in [0.5, 0.6) is 0 Å². The molecule has 6 nitrogen and oxygen atoms in total. The maximum atomic E-state index is 12.7. The van der Waals surface area contributed by atoms with E-state index in [0.29, 0.717) is 12.1 Å². The molecule has 0 spiro atoms. The van der Waals surface area contributed by atoms with Gasteiger partial charge in [-0.25, -0.2) is 4.98 Å². The predicted octanol–water partition coefficient (Wildman–Crippen LogP) is 3.38. The summed E-state index contributed by atoms with van der Waals surface area (Å²) in [6, 6.07) is 8.13. The van der Waals surface area contributed by atoms with Crippen LogP contribution >= 0.6 is 0 Å². The van der Waals surface area contributed by atoms with Gasteiger partial charge in [0.2, 0.25) is 0 Å². The minimum absolute atomic E-state index is 0.102. The molecule has 1 aromatic carbocycles. The highest BCUT2D eigenvalue weighted by molar-refractivity contribution is 5.99. The normalized spacial score (nSPS) is 18.2. The number of rotatable bonds is 3. The van der Waals surface area contributed by atoms with Crippen LogP contribution in [-0.2, 0) is 13.0 Å². The first-order valence-corrected chi connectivity index (χ1v) is 10.6. The fourth-order valence-electron chi connectivity index (χ4n) is 4.73. The van der Waals surface area contributed by atoms with Crippen molar-refractivity contribution in [2.75, 3.05) is 31.1 Å². The summed E-state index contributed by atoms with van der Waals surface area (Å²) in [5.74, 6) is 1.16. The highest BCUT2D eigenvalue weighted by atomic mass is 16.2. The molecule has 2 aromatic rings. The molecule has 1 fully saturated rings. The molecule has 0 saturated carbocycles. The molecule has 4 heterocycles. The number of benzene rings is 1. The van der Waals surface area contributed by atoms with E-state index in [9.17, 15) is 9.59 Å². The molecule has 2 amide bonds. The van der Waals surface area contributed by atoms with Gasteiger partial charge in [0.1, 0.15) is 5.82 Å². The van der Waals surface area contributed by atoms with Crippen molar-refractivity contribution in [1.29, 1.82) is 0 Å². The van der Waals surface area contributed by atoms with E-state index in [1.54, 1.807) is 6.20 Å². The van der Waals surface area contributed by atoms with Gasteiger partial charge in [0.15, 0.2) is 0 Å². The number of hydrogen-bond donors (Lipinski definition) is 0. The van der Waals surface area contributed by atoms with Crippen LogP contribution in [-0.4, -0.2) is 52.8 Å². The molecular formula is C23H26N4O2. The van der Waals surface area contributed by atoms with Crippen molar-refractivity contribution in [2.24, 2.45) is 0 Å². The molecular weight excluding hydrogens is 364 g/mol. The summed E-state index contributed by atoms with van der Waals surface area (Å²) in [7, 11) is 0. The first-order valence-electron chi connectivity index (χ1n) is 10.6. The third-order valence-corrected chi connectivity index (χ3v) is 6.33. The molecule has 3 aliphatic rings. The standard InChI is InChI=1S/C23H26N4O2/c1-2-25-15-18-13-19(7-8-20(18)23(25)29)27-11-5-6-16-12-17(14-24-21(16)27)22(28)26-9-3-4-10-26/h7-8,12-14H,2-6,9-11,15H2,1H3. The van der Waals surface area contributed by atoms with Crippen molar-refractivity contribution >= 4 is 23.3 Å².